The van der Waals surface area contributed by atoms with Crippen LogP contribution < -0.4 is 0 Å². The Morgan fingerprint density at radius 3 is 2.74 bits per heavy atom. The fourth-order valence-corrected chi connectivity index (χ4v) is 3.99. The summed E-state index contributed by atoms with van der Waals surface area (Å²) in [6.07, 6.45) is 0.251. The number of fused-ring (bicyclic) bond motifs is 1. The van der Waals surface area contributed by atoms with Crippen LogP contribution in [0.15, 0.2) is 65.4 Å². The Labute approximate surface area is 162 Å². The first kappa shape index (κ1) is 17.5. The van der Waals surface area contributed by atoms with Crippen molar-refractivity contribution in [3.05, 3.63) is 93.2 Å². The molecule has 4 rings (SSSR count). The van der Waals surface area contributed by atoms with Crippen molar-refractivity contribution in [2.45, 2.75) is 19.1 Å². The fraction of sp³-hybridized carbons (Fsp3) is 0.182. The molecule has 0 saturated heterocycles. The summed E-state index contributed by atoms with van der Waals surface area (Å²) in [5.74, 6) is -0.394. The third-order valence-corrected chi connectivity index (χ3v) is 5.48. The molecule has 0 N–H and O–H groups in total. The van der Waals surface area contributed by atoms with Crippen LogP contribution in [0, 0.1) is 0 Å². The molecule has 0 aliphatic carbocycles. The second kappa shape index (κ2) is 7.37. The van der Waals surface area contributed by atoms with Gasteiger partial charge in [0.1, 0.15) is 6.10 Å². The molecule has 136 valence electrons. The molecule has 4 nitrogen and oxygen atoms in total. The standard InChI is InChI=1S/C22H19NO3S/c1-23(13-15-9-10-27-14-15)21(24)17-7-8-19-18(11-17)12-20(26-22(19)25)16-5-3-2-4-6-16/h2-11,14,20H,12-13H2,1H3. The molecule has 1 unspecified atom stereocenters. The largest absolute Gasteiger partial charge is 0.454 e. The molecule has 27 heavy (non-hydrogen) atoms. The van der Waals surface area contributed by atoms with E-state index in [4.69, 9.17) is 4.74 Å². The van der Waals surface area contributed by atoms with Crippen LogP contribution in [0.4, 0.5) is 0 Å². The van der Waals surface area contributed by atoms with E-state index >= 15 is 0 Å². The van der Waals surface area contributed by atoms with E-state index in [-0.39, 0.29) is 18.0 Å². The highest BCUT2D eigenvalue weighted by Crippen LogP contribution is 2.31. The first-order valence-corrected chi connectivity index (χ1v) is 9.71. The molecule has 1 aromatic heterocycles. The Kier molecular flexibility index (Phi) is 4.77. The minimum Gasteiger partial charge on any atom is -0.454 e. The Hall–Kier alpha value is -2.92. The molecule has 0 saturated carbocycles. The van der Waals surface area contributed by atoms with Gasteiger partial charge in [0.15, 0.2) is 0 Å². The normalized spacial score (nSPS) is 15.7. The SMILES string of the molecule is CN(Cc1ccsc1)C(=O)c1ccc2c(c1)CC(c1ccccc1)OC2=O. The number of thiophene rings is 1. The van der Waals surface area contributed by atoms with Crippen molar-refractivity contribution < 1.29 is 14.3 Å². The number of carbonyl (C=O) groups excluding carboxylic acids is 2. The van der Waals surface area contributed by atoms with Crippen LogP contribution in [0.25, 0.3) is 0 Å². The van der Waals surface area contributed by atoms with Gasteiger partial charge in [-0.2, -0.15) is 11.3 Å². The van der Waals surface area contributed by atoms with Crippen LogP contribution >= 0.6 is 11.3 Å². The van der Waals surface area contributed by atoms with Crippen LogP contribution in [0.2, 0.25) is 0 Å². The van der Waals surface area contributed by atoms with Crippen molar-refractivity contribution >= 4 is 23.2 Å². The number of benzene rings is 2. The first-order chi connectivity index (χ1) is 13.1. The highest BCUT2D eigenvalue weighted by molar-refractivity contribution is 7.07. The van der Waals surface area contributed by atoms with Crippen LogP contribution in [0.3, 0.4) is 0 Å². The Morgan fingerprint density at radius 2 is 2.00 bits per heavy atom. The summed E-state index contributed by atoms with van der Waals surface area (Å²) in [7, 11) is 1.79. The molecule has 5 heteroatoms. The van der Waals surface area contributed by atoms with Gasteiger partial charge >= 0.3 is 5.97 Å². The molecule has 3 aromatic rings. The smallest absolute Gasteiger partial charge is 0.339 e. The number of ether oxygens (including phenoxy) is 1. The zero-order chi connectivity index (χ0) is 18.8. The summed E-state index contributed by atoms with van der Waals surface area (Å²) in [5.41, 5.74) is 4.06. The van der Waals surface area contributed by atoms with Crippen molar-refractivity contribution in [1.82, 2.24) is 4.90 Å². The number of hydrogen-bond acceptors (Lipinski definition) is 4. The molecule has 0 bridgehead atoms. The minimum atomic E-state index is -0.337. The molecule has 1 amide bonds. The fourth-order valence-electron chi connectivity index (χ4n) is 3.33. The maximum absolute atomic E-state index is 12.8. The van der Waals surface area contributed by atoms with Crippen LogP contribution in [0.1, 0.15) is 43.5 Å². The van der Waals surface area contributed by atoms with Crippen molar-refractivity contribution in [2.75, 3.05) is 7.05 Å². The summed E-state index contributed by atoms with van der Waals surface area (Å²) in [6, 6.07) is 16.9. The Morgan fingerprint density at radius 1 is 1.19 bits per heavy atom. The topological polar surface area (TPSA) is 46.6 Å². The number of hydrogen-bond donors (Lipinski definition) is 0. The van der Waals surface area contributed by atoms with Gasteiger partial charge in [0.25, 0.3) is 5.91 Å². The van der Waals surface area contributed by atoms with Gasteiger partial charge in [-0.1, -0.05) is 30.3 Å². The summed E-state index contributed by atoms with van der Waals surface area (Å²) in [6.45, 7) is 0.564. The predicted octanol–water partition coefficient (Wildman–Crippen LogP) is 4.47. The molecular formula is C22H19NO3S. The maximum Gasteiger partial charge on any atom is 0.339 e. The summed E-state index contributed by atoms with van der Waals surface area (Å²) in [5, 5.41) is 4.04. The van der Waals surface area contributed by atoms with Gasteiger partial charge in [-0.25, -0.2) is 4.79 Å². The molecule has 0 fully saturated rings. The number of rotatable bonds is 4. The van der Waals surface area contributed by atoms with E-state index in [9.17, 15) is 9.59 Å². The zero-order valence-electron chi connectivity index (χ0n) is 14.9. The van der Waals surface area contributed by atoms with E-state index in [2.05, 4.69) is 0 Å². The highest BCUT2D eigenvalue weighted by Gasteiger charge is 2.28. The number of esters is 1. The second-order valence-electron chi connectivity index (χ2n) is 6.67. The quantitative estimate of drug-likeness (QED) is 0.630. The van der Waals surface area contributed by atoms with Crippen LogP contribution in [-0.2, 0) is 17.7 Å². The lowest BCUT2D eigenvalue weighted by Gasteiger charge is -2.26. The average molecular weight is 377 g/mol. The lowest BCUT2D eigenvalue weighted by Crippen LogP contribution is -2.27. The third kappa shape index (κ3) is 3.64. The van der Waals surface area contributed by atoms with E-state index in [1.165, 1.54) is 0 Å². The molecule has 1 aliphatic rings. The minimum absolute atomic E-state index is 0.0563. The maximum atomic E-state index is 12.8. The van der Waals surface area contributed by atoms with E-state index in [0.29, 0.717) is 24.1 Å². The van der Waals surface area contributed by atoms with Gasteiger partial charge in [-0.3, -0.25) is 4.79 Å². The summed E-state index contributed by atoms with van der Waals surface area (Å²) >= 11 is 1.62. The van der Waals surface area contributed by atoms with Crippen molar-refractivity contribution in [3.8, 4) is 0 Å². The molecule has 1 aliphatic heterocycles. The third-order valence-electron chi connectivity index (χ3n) is 4.74. The van der Waals surface area contributed by atoms with Crippen LogP contribution in [0.5, 0.6) is 0 Å². The Bertz CT molecular complexity index is 966. The van der Waals surface area contributed by atoms with Gasteiger partial charge < -0.3 is 9.64 Å². The average Bonchev–Trinajstić information content (AvgIpc) is 3.20. The number of cyclic esters (lactones) is 1. The zero-order valence-corrected chi connectivity index (χ0v) is 15.7. The number of carbonyl (C=O) groups is 2. The lowest BCUT2D eigenvalue weighted by atomic mass is 9.93. The van der Waals surface area contributed by atoms with Crippen molar-refractivity contribution in [3.63, 3.8) is 0 Å². The summed E-state index contributed by atoms with van der Waals surface area (Å²) in [4.78, 5) is 26.9. The summed E-state index contributed by atoms with van der Waals surface area (Å²) < 4.78 is 5.58. The Balaban J connectivity index is 1.57. The highest BCUT2D eigenvalue weighted by atomic mass is 32.1. The van der Waals surface area contributed by atoms with E-state index in [1.54, 1.807) is 35.4 Å². The van der Waals surface area contributed by atoms with Gasteiger partial charge in [-0.15, -0.1) is 0 Å². The van der Waals surface area contributed by atoms with E-state index in [0.717, 1.165) is 16.7 Å². The van der Waals surface area contributed by atoms with Crippen molar-refractivity contribution in [1.29, 1.82) is 0 Å². The van der Waals surface area contributed by atoms with E-state index in [1.807, 2.05) is 53.2 Å². The van der Waals surface area contributed by atoms with Crippen LogP contribution in [-0.4, -0.2) is 23.8 Å². The molecule has 2 aromatic carbocycles. The van der Waals surface area contributed by atoms with Crippen molar-refractivity contribution in [2.24, 2.45) is 0 Å². The van der Waals surface area contributed by atoms with E-state index < -0.39 is 0 Å². The molecule has 0 radical (unpaired) electrons. The van der Waals surface area contributed by atoms with Gasteiger partial charge in [0.2, 0.25) is 0 Å². The monoisotopic (exact) mass is 377 g/mol. The van der Waals surface area contributed by atoms with Gasteiger partial charge in [-0.05, 0) is 51.7 Å². The lowest BCUT2D eigenvalue weighted by molar-refractivity contribution is 0.0252. The van der Waals surface area contributed by atoms with Gasteiger partial charge in [0.05, 0.1) is 5.56 Å². The molecule has 1 atom stereocenters. The first-order valence-electron chi connectivity index (χ1n) is 8.77. The molecular weight excluding hydrogens is 358 g/mol. The predicted molar refractivity (Wildman–Crippen MR) is 105 cm³/mol. The van der Waals surface area contributed by atoms with Gasteiger partial charge in [0, 0.05) is 25.6 Å². The number of nitrogens with zero attached hydrogens (tertiary/aromatic N) is 1. The second-order valence-corrected chi connectivity index (χ2v) is 7.45. The molecule has 0 spiro atoms. The molecule has 2 heterocycles. The number of amides is 1.